The maximum absolute atomic E-state index is 12.1. The molecule has 0 radical (unpaired) electrons. The zero-order valence-electron chi connectivity index (χ0n) is 16.9. The summed E-state index contributed by atoms with van der Waals surface area (Å²) in [6.45, 7) is 3.48. The van der Waals surface area contributed by atoms with Crippen LogP contribution in [0.15, 0.2) is 24.3 Å². The summed E-state index contributed by atoms with van der Waals surface area (Å²) in [5.41, 5.74) is 8.74. The van der Waals surface area contributed by atoms with E-state index in [1.54, 1.807) is 16.9 Å². The summed E-state index contributed by atoms with van der Waals surface area (Å²) < 4.78 is 13.1. The predicted molar refractivity (Wildman–Crippen MR) is 114 cm³/mol. The number of benzene rings is 1. The van der Waals surface area contributed by atoms with Crippen molar-refractivity contribution in [3.63, 3.8) is 0 Å². The minimum atomic E-state index is -0.925. The van der Waals surface area contributed by atoms with Crippen molar-refractivity contribution in [2.24, 2.45) is 11.7 Å². The smallest absolute Gasteiger partial charge is 0.532 e. The fraction of sp³-hybridized carbons (Fsp3) is 0.429. The molecule has 5 rings (SSSR count). The Kier molecular flexibility index (Phi) is 4.79. The van der Waals surface area contributed by atoms with Gasteiger partial charge in [0.25, 0.3) is 5.91 Å². The van der Waals surface area contributed by atoms with Gasteiger partial charge in [-0.05, 0) is 54.8 Å². The number of primary amides is 1. The molecule has 4 N–H and O–H groups in total. The van der Waals surface area contributed by atoms with Gasteiger partial charge in [0, 0.05) is 24.1 Å². The third-order valence-electron chi connectivity index (χ3n) is 6.11. The number of nitrogens with two attached hydrogens (primary N) is 1. The van der Waals surface area contributed by atoms with Gasteiger partial charge in [0.15, 0.2) is 5.82 Å². The fourth-order valence-electron chi connectivity index (χ4n) is 4.19. The lowest BCUT2D eigenvalue weighted by atomic mass is 9.85. The monoisotopic (exact) mass is 408 g/mol. The van der Waals surface area contributed by atoms with Crippen molar-refractivity contribution < 1.29 is 19.2 Å². The Morgan fingerprint density at radius 2 is 2.20 bits per heavy atom. The van der Waals surface area contributed by atoms with Crippen LogP contribution < -0.4 is 15.7 Å². The summed E-state index contributed by atoms with van der Waals surface area (Å²) in [6, 6.07) is 4.01. The molecule has 1 unspecified atom stereocenters. The second-order valence-electron chi connectivity index (χ2n) is 8.39. The van der Waals surface area contributed by atoms with Crippen LogP contribution in [-0.4, -0.2) is 41.0 Å². The molecule has 1 aromatic carbocycles. The molecule has 2 aliphatic heterocycles. The summed E-state index contributed by atoms with van der Waals surface area (Å²) in [5.74, 6) is 3.06. The molecular weight excluding hydrogens is 383 g/mol. The number of nitrogens with one attached hydrogen (secondary N) is 1. The maximum atomic E-state index is 12.1. The summed E-state index contributed by atoms with van der Waals surface area (Å²) in [7, 11) is -0.925. The van der Waals surface area contributed by atoms with E-state index in [-0.39, 0.29) is 6.04 Å². The zero-order valence-corrected chi connectivity index (χ0v) is 16.9. The second kappa shape index (κ2) is 7.48. The van der Waals surface area contributed by atoms with E-state index in [1.165, 1.54) is 0 Å². The van der Waals surface area contributed by atoms with Gasteiger partial charge < -0.3 is 25.5 Å². The molecular formula is C21H25BN4O4. The van der Waals surface area contributed by atoms with Crippen LogP contribution in [0.5, 0.6) is 5.75 Å². The molecule has 1 saturated heterocycles. The second-order valence-corrected chi connectivity index (χ2v) is 8.39. The molecule has 0 bridgehead atoms. The van der Waals surface area contributed by atoms with Crippen molar-refractivity contribution in [2.45, 2.75) is 38.1 Å². The normalized spacial score (nSPS) is 23.1. The zero-order chi connectivity index (χ0) is 20.8. The molecule has 9 heteroatoms. The van der Waals surface area contributed by atoms with E-state index in [0.717, 1.165) is 48.4 Å². The molecule has 1 amide bonds. The minimum Gasteiger partial charge on any atom is -0.532 e. The number of hydrogen-bond acceptors (Lipinski definition) is 6. The van der Waals surface area contributed by atoms with Crippen molar-refractivity contribution in [2.75, 3.05) is 18.5 Å². The maximum Gasteiger partial charge on any atom is 0.552 e. The van der Waals surface area contributed by atoms with Crippen LogP contribution >= 0.6 is 0 Å². The predicted octanol–water partition coefficient (Wildman–Crippen LogP) is 2.63. The van der Waals surface area contributed by atoms with Gasteiger partial charge in [-0.3, -0.25) is 9.48 Å². The van der Waals surface area contributed by atoms with Crippen LogP contribution in [0.2, 0.25) is 0 Å². The van der Waals surface area contributed by atoms with Crippen LogP contribution in [0, 0.1) is 5.92 Å². The van der Waals surface area contributed by atoms with Gasteiger partial charge in [0.2, 0.25) is 0 Å². The largest absolute Gasteiger partial charge is 0.552 e. The number of aromatic nitrogens is 2. The molecule has 1 aliphatic carbocycles. The summed E-state index contributed by atoms with van der Waals surface area (Å²) >= 11 is 0. The Bertz CT molecular complexity index is 1020. The summed E-state index contributed by atoms with van der Waals surface area (Å²) in [6.07, 6.45) is 6.71. The number of fused-ring (bicyclic) bond motifs is 1. The quantitative estimate of drug-likeness (QED) is 0.656. The van der Waals surface area contributed by atoms with Crippen molar-refractivity contribution >= 4 is 30.6 Å². The Labute approximate surface area is 175 Å². The van der Waals surface area contributed by atoms with Crippen LogP contribution in [0.3, 0.4) is 0 Å². The molecule has 1 saturated carbocycles. The van der Waals surface area contributed by atoms with Crippen molar-refractivity contribution in [3.8, 4) is 5.75 Å². The van der Waals surface area contributed by atoms with Gasteiger partial charge >= 0.3 is 7.12 Å². The number of ether oxygens (including phenoxy) is 1. The molecule has 1 aromatic heterocycles. The van der Waals surface area contributed by atoms with Crippen molar-refractivity contribution in [1.29, 1.82) is 0 Å². The Balaban J connectivity index is 1.49. The van der Waals surface area contributed by atoms with Crippen LogP contribution in [0.1, 0.15) is 59.6 Å². The lowest BCUT2D eigenvalue weighted by Crippen LogP contribution is -2.28. The number of amides is 1. The molecule has 8 nitrogen and oxygen atoms in total. The Morgan fingerprint density at radius 1 is 1.37 bits per heavy atom. The first kappa shape index (κ1) is 19.2. The van der Waals surface area contributed by atoms with E-state index in [1.807, 2.05) is 18.2 Å². The van der Waals surface area contributed by atoms with E-state index >= 15 is 0 Å². The average molecular weight is 408 g/mol. The van der Waals surface area contributed by atoms with Gasteiger partial charge in [0.1, 0.15) is 11.3 Å². The van der Waals surface area contributed by atoms with Crippen LogP contribution in [-0.2, 0) is 4.74 Å². The van der Waals surface area contributed by atoms with Crippen molar-refractivity contribution in [1.82, 2.24) is 9.78 Å². The number of hydrogen-bond donors (Lipinski definition) is 3. The number of anilines is 2. The molecule has 2 atom stereocenters. The highest BCUT2D eigenvalue weighted by Crippen LogP contribution is 2.48. The van der Waals surface area contributed by atoms with Gasteiger partial charge in [0.05, 0.1) is 12.6 Å². The van der Waals surface area contributed by atoms with Crippen molar-refractivity contribution in [3.05, 3.63) is 41.0 Å². The fourth-order valence-corrected chi connectivity index (χ4v) is 4.19. The van der Waals surface area contributed by atoms with Gasteiger partial charge in [-0.15, -0.1) is 0 Å². The molecule has 2 fully saturated rings. The third-order valence-corrected chi connectivity index (χ3v) is 6.11. The highest BCUT2D eigenvalue weighted by atomic mass is 16.5. The highest BCUT2D eigenvalue weighted by Gasteiger charge is 2.32. The summed E-state index contributed by atoms with van der Waals surface area (Å²) in [4.78, 5) is 12.1. The lowest BCUT2D eigenvalue weighted by molar-refractivity contribution is 0.0238. The first-order valence-electron chi connectivity index (χ1n) is 10.4. The SMILES string of the molecule is C[C@H]1CCOCC1n1cc(C(N)=O)c(Nc2cc3c(c(C4CC4)c2)OB(O)C=C3)n1. The van der Waals surface area contributed by atoms with Crippen LogP contribution in [0.25, 0.3) is 6.08 Å². The van der Waals surface area contributed by atoms with E-state index < -0.39 is 13.0 Å². The number of carbonyl (C=O) groups excluding carboxylic acids is 1. The highest BCUT2D eigenvalue weighted by molar-refractivity contribution is 6.51. The lowest BCUT2D eigenvalue weighted by Gasteiger charge is -2.28. The number of rotatable bonds is 5. The minimum absolute atomic E-state index is 0.0655. The average Bonchev–Trinajstić information content (AvgIpc) is 3.48. The van der Waals surface area contributed by atoms with E-state index in [9.17, 15) is 9.82 Å². The number of nitrogens with zero attached hydrogens (tertiary/aromatic N) is 2. The molecule has 0 spiro atoms. The molecule has 30 heavy (non-hydrogen) atoms. The van der Waals surface area contributed by atoms with Crippen LogP contribution in [0.4, 0.5) is 11.5 Å². The van der Waals surface area contributed by atoms with Gasteiger partial charge in [-0.25, -0.2) is 0 Å². The first-order valence-corrected chi connectivity index (χ1v) is 10.4. The Hall–Kier alpha value is -2.78. The van der Waals surface area contributed by atoms with E-state index in [4.69, 9.17) is 15.1 Å². The molecule has 2 aromatic rings. The molecule has 156 valence electrons. The third kappa shape index (κ3) is 3.59. The first-order chi connectivity index (χ1) is 14.5. The Morgan fingerprint density at radius 3 is 2.93 bits per heavy atom. The topological polar surface area (TPSA) is 112 Å². The van der Waals surface area contributed by atoms with Gasteiger partial charge in [-0.2, -0.15) is 5.10 Å². The van der Waals surface area contributed by atoms with E-state index in [0.29, 0.717) is 29.8 Å². The van der Waals surface area contributed by atoms with E-state index in [2.05, 4.69) is 17.3 Å². The molecule has 3 heterocycles. The summed E-state index contributed by atoms with van der Waals surface area (Å²) in [5, 5.41) is 17.8. The standard InChI is InChI=1S/C21H25BN4O4/c1-12-5-7-29-11-18(12)26-10-17(20(23)27)21(25-26)24-15-8-14-4-6-22(28)30-19(14)16(9-15)13-2-3-13/h4,6,8-10,12-13,18,28H,2-3,5,7,11H2,1H3,(H2,23,27)(H,24,25)/t12-,18?/m0/s1. The molecule has 3 aliphatic rings. The van der Waals surface area contributed by atoms with Gasteiger partial charge in [-0.1, -0.05) is 13.0 Å². The number of carbonyl (C=O) groups is 1.